The van der Waals surface area contributed by atoms with Crippen LogP contribution in [-0.4, -0.2) is 30.9 Å². The normalized spacial score (nSPS) is 12.7. The lowest BCUT2D eigenvalue weighted by molar-refractivity contribution is 0.578. The first-order valence-electron chi connectivity index (χ1n) is 5.34. The number of aromatic nitrogens is 5. The average molecular weight is 220 g/mol. The van der Waals surface area contributed by atoms with E-state index in [4.69, 9.17) is 0 Å². The molecule has 0 fully saturated rings. The molecule has 0 aromatic carbocycles. The maximum absolute atomic E-state index is 4.26. The lowest BCUT2D eigenvalue weighted by Crippen LogP contribution is -2.14. The summed E-state index contributed by atoms with van der Waals surface area (Å²) in [4.78, 5) is 4.26. The van der Waals surface area contributed by atoms with Crippen LogP contribution in [0.1, 0.15) is 25.7 Å². The van der Waals surface area contributed by atoms with Crippen molar-refractivity contribution in [3.63, 3.8) is 0 Å². The zero-order chi connectivity index (χ0) is 11.5. The first-order chi connectivity index (χ1) is 7.74. The molecule has 0 aliphatic carbocycles. The maximum atomic E-state index is 4.26. The van der Waals surface area contributed by atoms with E-state index in [-0.39, 0.29) is 6.04 Å². The second-order valence-corrected chi connectivity index (χ2v) is 3.66. The number of anilines is 1. The van der Waals surface area contributed by atoms with Crippen LogP contribution in [0.15, 0.2) is 18.7 Å². The minimum absolute atomic E-state index is 0.115. The standard InChI is InChI=1S/C10H16N6/c1-4-11-10-12-5-6-16(10)8(2)9-14-13-7-15(9)3/h5-8H,4H2,1-3H3,(H,11,12). The molecule has 86 valence electrons. The molecular formula is C10H16N6. The van der Waals surface area contributed by atoms with Gasteiger partial charge in [-0.2, -0.15) is 0 Å². The highest BCUT2D eigenvalue weighted by molar-refractivity contribution is 5.27. The van der Waals surface area contributed by atoms with Gasteiger partial charge in [-0.1, -0.05) is 0 Å². The Labute approximate surface area is 94.3 Å². The fourth-order valence-corrected chi connectivity index (χ4v) is 1.72. The van der Waals surface area contributed by atoms with Gasteiger partial charge in [0.2, 0.25) is 5.95 Å². The minimum Gasteiger partial charge on any atom is -0.356 e. The molecule has 0 amide bonds. The zero-order valence-electron chi connectivity index (χ0n) is 9.75. The number of rotatable bonds is 4. The van der Waals surface area contributed by atoms with Crippen molar-refractivity contribution in [2.24, 2.45) is 7.05 Å². The number of imidazole rings is 1. The molecule has 0 radical (unpaired) electrons. The van der Waals surface area contributed by atoms with E-state index < -0.39 is 0 Å². The highest BCUT2D eigenvalue weighted by Crippen LogP contribution is 2.18. The van der Waals surface area contributed by atoms with Crippen molar-refractivity contribution in [2.45, 2.75) is 19.9 Å². The fraction of sp³-hybridized carbons (Fsp3) is 0.500. The van der Waals surface area contributed by atoms with Crippen LogP contribution in [0.5, 0.6) is 0 Å². The summed E-state index contributed by atoms with van der Waals surface area (Å²) in [6.07, 6.45) is 5.43. The summed E-state index contributed by atoms with van der Waals surface area (Å²) in [5.74, 6) is 1.77. The average Bonchev–Trinajstić information content (AvgIpc) is 2.87. The summed E-state index contributed by atoms with van der Waals surface area (Å²) >= 11 is 0. The Balaban J connectivity index is 2.30. The van der Waals surface area contributed by atoms with Crippen LogP contribution in [-0.2, 0) is 7.05 Å². The van der Waals surface area contributed by atoms with Crippen LogP contribution in [0.3, 0.4) is 0 Å². The SMILES string of the molecule is CCNc1nccn1C(C)c1nncn1C. The Morgan fingerprint density at radius 3 is 2.94 bits per heavy atom. The van der Waals surface area contributed by atoms with Crippen LogP contribution in [0, 0.1) is 0 Å². The van der Waals surface area contributed by atoms with E-state index in [1.54, 1.807) is 12.5 Å². The third kappa shape index (κ3) is 1.78. The van der Waals surface area contributed by atoms with E-state index in [1.807, 2.05) is 29.3 Å². The first kappa shape index (κ1) is 10.7. The van der Waals surface area contributed by atoms with Crippen molar-refractivity contribution >= 4 is 5.95 Å². The van der Waals surface area contributed by atoms with Gasteiger partial charge >= 0.3 is 0 Å². The molecule has 2 rings (SSSR count). The Kier molecular flexibility index (Phi) is 2.89. The Morgan fingerprint density at radius 2 is 2.31 bits per heavy atom. The number of hydrogen-bond donors (Lipinski definition) is 1. The predicted octanol–water partition coefficient (Wildman–Crippen LogP) is 1.05. The number of hydrogen-bond acceptors (Lipinski definition) is 4. The van der Waals surface area contributed by atoms with Crippen molar-refractivity contribution in [3.8, 4) is 0 Å². The summed E-state index contributed by atoms with van der Waals surface area (Å²) in [6, 6.07) is 0.115. The maximum Gasteiger partial charge on any atom is 0.203 e. The minimum atomic E-state index is 0.115. The molecule has 0 spiro atoms. The molecule has 1 unspecified atom stereocenters. The van der Waals surface area contributed by atoms with Crippen molar-refractivity contribution in [1.29, 1.82) is 0 Å². The van der Waals surface area contributed by atoms with Gasteiger partial charge < -0.3 is 14.5 Å². The van der Waals surface area contributed by atoms with Gasteiger partial charge in [0.25, 0.3) is 0 Å². The molecule has 0 aliphatic rings. The van der Waals surface area contributed by atoms with Crippen LogP contribution in [0.25, 0.3) is 0 Å². The molecule has 2 aromatic rings. The van der Waals surface area contributed by atoms with E-state index in [0.717, 1.165) is 18.3 Å². The lowest BCUT2D eigenvalue weighted by atomic mass is 10.3. The molecule has 0 saturated heterocycles. The topological polar surface area (TPSA) is 60.6 Å². The third-order valence-corrected chi connectivity index (χ3v) is 2.54. The molecule has 6 nitrogen and oxygen atoms in total. The molecule has 6 heteroatoms. The Morgan fingerprint density at radius 1 is 1.50 bits per heavy atom. The molecular weight excluding hydrogens is 204 g/mol. The first-order valence-corrected chi connectivity index (χ1v) is 5.34. The van der Waals surface area contributed by atoms with E-state index in [1.165, 1.54) is 0 Å². The zero-order valence-corrected chi connectivity index (χ0v) is 9.75. The molecule has 1 atom stereocenters. The third-order valence-electron chi connectivity index (χ3n) is 2.54. The molecule has 2 aromatic heterocycles. The van der Waals surface area contributed by atoms with Gasteiger partial charge in [-0.05, 0) is 13.8 Å². The summed E-state index contributed by atoms with van der Waals surface area (Å²) in [5, 5.41) is 11.2. The molecule has 1 N–H and O–H groups in total. The van der Waals surface area contributed by atoms with Crippen LogP contribution >= 0.6 is 0 Å². The molecule has 0 saturated carbocycles. The van der Waals surface area contributed by atoms with E-state index in [0.29, 0.717) is 0 Å². The molecule has 0 bridgehead atoms. The number of nitrogens with one attached hydrogen (secondary N) is 1. The lowest BCUT2D eigenvalue weighted by Gasteiger charge is -2.15. The van der Waals surface area contributed by atoms with Crippen LogP contribution < -0.4 is 5.32 Å². The molecule has 16 heavy (non-hydrogen) atoms. The van der Waals surface area contributed by atoms with E-state index >= 15 is 0 Å². The quantitative estimate of drug-likeness (QED) is 0.836. The van der Waals surface area contributed by atoms with Crippen molar-refractivity contribution in [2.75, 3.05) is 11.9 Å². The van der Waals surface area contributed by atoms with Crippen LogP contribution in [0.2, 0.25) is 0 Å². The smallest absolute Gasteiger partial charge is 0.203 e. The summed E-state index contributed by atoms with van der Waals surface area (Å²) < 4.78 is 3.97. The van der Waals surface area contributed by atoms with Gasteiger partial charge in [0.15, 0.2) is 5.82 Å². The predicted molar refractivity (Wildman–Crippen MR) is 61.2 cm³/mol. The monoisotopic (exact) mass is 220 g/mol. The van der Waals surface area contributed by atoms with Crippen molar-refractivity contribution < 1.29 is 0 Å². The second kappa shape index (κ2) is 4.34. The van der Waals surface area contributed by atoms with Crippen molar-refractivity contribution in [1.82, 2.24) is 24.3 Å². The van der Waals surface area contributed by atoms with Gasteiger partial charge in [-0.3, -0.25) is 0 Å². The molecule has 0 aliphatic heterocycles. The summed E-state index contributed by atoms with van der Waals surface area (Å²) in [6.45, 7) is 4.97. The van der Waals surface area contributed by atoms with Gasteiger partial charge in [-0.25, -0.2) is 4.98 Å². The number of aryl methyl sites for hydroxylation is 1. The van der Waals surface area contributed by atoms with E-state index in [2.05, 4.69) is 27.4 Å². The van der Waals surface area contributed by atoms with Gasteiger partial charge in [-0.15, -0.1) is 10.2 Å². The second-order valence-electron chi connectivity index (χ2n) is 3.66. The van der Waals surface area contributed by atoms with E-state index in [9.17, 15) is 0 Å². The van der Waals surface area contributed by atoms with Gasteiger partial charge in [0, 0.05) is 26.0 Å². The van der Waals surface area contributed by atoms with Crippen LogP contribution in [0.4, 0.5) is 5.95 Å². The highest BCUT2D eigenvalue weighted by atomic mass is 15.3. The highest BCUT2D eigenvalue weighted by Gasteiger charge is 2.15. The Hall–Kier alpha value is -1.85. The molecule has 2 heterocycles. The largest absolute Gasteiger partial charge is 0.356 e. The van der Waals surface area contributed by atoms with Gasteiger partial charge in [0.1, 0.15) is 6.33 Å². The Bertz CT molecular complexity index is 457. The summed E-state index contributed by atoms with van der Waals surface area (Å²) in [5.41, 5.74) is 0. The van der Waals surface area contributed by atoms with Crippen molar-refractivity contribution in [3.05, 3.63) is 24.5 Å². The summed E-state index contributed by atoms with van der Waals surface area (Å²) in [7, 11) is 1.94. The number of nitrogens with zero attached hydrogens (tertiary/aromatic N) is 5. The van der Waals surface area contributed by atoms with Gasteiger partial charge in [0.05, 0.1) is 6.04 Å². The fourth-order valence-electron chi connectivity index (χ4n) is 1.72.